The van der Waals surface area contributed by atoms with E-state index in [1.165, 1.54) is 11.1 Å². The number of benzene rings is 3. The van der Waals surface area contributed by atoms with Crippen molar-refractivity contribution in [1.29, 1.82) is 0 Å². The molecule has 0 bridgehead atoms. The Bertz CT molecular complexity index is 2730. The predicted molar refractivity (Wildman–Crippen MR) is 314 cm³/mol. The van der Waals surface area contributed by atoms with Crippen LogP contribution in [0.4, 0.5) is 0 Å². The lowest BCUT2D eigenvalue weighted by Crippen LogP contribution is -2.43. The van der Waals surface area contributed by atoms with Gasteiger partial charge in [-0.1, -0.05) is 119 Å². The van der Waals surface area contributed by atoms with Gasteiger partial charge in [-0.05, 0) is 154 Å². The standard InChI is InChI=1S/C64H84N4O8S2/c1-3-42-27-46-30-57(73)59(76-60-31-47(28-49-15-10-24-66-49)51-21-25-67-63(65)55(51)39-78-77-38-48(37-70)62(60)75)33-53(46)54-32-58(74)61-44(29-52(42)54)20-22-64(23-26-69,35-50(18-19-56(61)72)68-36-40(2)71)34-45(43-13-8-5-9-14-43)17-16-41-11-6-4-7-12-41/h4-15,21,24,29-30,33,40,42,44-45,47-48,50,54,56,58,60-62,66-75H,3,16-19,23,25-28,31-32,34-39,65H2,1-2H3. The summed E-state index contributed by atoms with van der Waals surface area (Å²) < 4.78 is 6.97. The molecular weight excluding hydrogens is 1020 g/mol. The van der Waals surface area contributed by atoms with Gasteiger partial charge in [-0.15, -0.1) is 0 Å². The summed E-state index contributed by atoms with van der Waals surface area (Å²) in [6, 6.07) is 28.8. The van der Waals surface area contributed by atoms with Gasteiger partial charge in [0.05, 0.1) is 24.4 Å². The fourth-order valence-corrected chi connectivity index (χ4v) is 16.0. The quantitative estimate of drug-likeness (QED) is 0.0272. The summed E-state index contributed by atoms with van der Waals surface area (Å²) in [5.74, 6) is 7.79. The molecule has 3 heterocycles. The van der Waals surface area contributed by atoms with Crippen molar-refractivity contribution < 1.29 is 40.5 Å². The zero-order valence-electron chi connectivity index (χ0n) is 45.5. The third-order valence-electron chi connectivity index (χ3n) is 17.7. The smallest absolute Gasteiger partial charge is 0.161 e. The number of aliphatic hydroxyl groups is 6. The molecule has 12 N–H and O–H groups in total. The second-order valence-electron chi connectivity index (χ2n) is 23.0. The van der Waals surface area contributed by atoms with Crippen LogP contribution >= 0.6 is 21.6 Å². The van der Waals surface area contributed by atoms with Gasteiger partial charge in [-0.2, -0.15) is 0 Å². The molecule has 4 aromatic rings. The van der Waals surface area contributed by atoms with E-state index in [2.05, 4.69) is 101 Å². The van der Waals surface area contributed by atoms with Crippen LogP contribution in [0.5, 0.6) is 11.5 Å². The number of aromatic nitrogens is 1. The molecule has 9 rings (SSSR count). The van der Waals surface area contributed by atoms with Crippen LogP contribution in [0.2, 0.25) is 0 Å². The highest BCUT2D eigenvalue weighted by atomic mass is 33.1. The summed E-state index contributed by atoms with van der Waals surface area (Å²) in [5.41, 5.74) is 14.7. The SMILES string of the molecule is CCC1Cc2cc(O)c(OC3CC(Cc4ccc[nH]4)C4=CCNC(N)=C4CSSCC(CO)C3O)cc2C2CC(O)C3C(C#CC(CCO)(CC(CCc4ccccc4)c4ccccc4)CC(NCC(C)O)CCC3O)C=C12. The molecule has 3 aliphatic carbocycles. The maximum absolute atomic E-state index is 12.7. The van der Waals surface area contributed by atoms with E-state index in [0.717, 1.165) is 52.8 Å². The summed E-state index contributed by atoms with van der Waals surface area (Å²) in [6.07, 6.45) is 9.35. The number of nitrogens with two attached hydrogens (primary N) is 1. The van der Waals surface area contributed by atoms with Crippen molar-refractivity contribution in [2.24, 2.45) is 40.7 Å². The lowest BCUT2D eigenvalue weighted by molar-refractivity contribution is -0.0214. The number of phenols is 1. The highest BCUT2D eigenvalue weighted by molar-refractivity contribution is 8.76. The minimum Gasteiger partial charge on any atom is -0.504 e. The van der Waals surface area contributed by atoms with Crippen molar-refractivity contribution in [2.75, 3.05) is 37.8 Å². The maximum Gasteiger partial charge on any atom is 0.161 e. The summed E-state index contributed by atoms with van der Waals surface area (Å²) in [7, 11) is 3.24. The molecule has 0 saturated carbocycles. The van der Waals surface area contributed by atoms with Crippen LogP contribution < -0.4 is 21.1 Å². The second-order valence-corrected chi connectivity index (χ2v) is 25.5. The largest absolute Gasteiger partial charge is 0.504 e. The highest BCUT2D eigenvalue weighted by Crippen LogP contribution is 2.51. The van der Waals surface area contributed by atoms with Crippen LogP contribution in [0.15, 0.2) is 126 Å². The number of allylic oxidation sites excluding steroid dienone is 3. The van der Waals surface area contributed by atoms with Gasteiger partial charge in [-0.3, -0.25) is 0 Å². The number of aromatic amines is 1. The molecule has 12 nitrogen and oxygen atoms in total. The van der Waals surface area contributed by atoms with Crippen LogP contribution in [0, 0.1) is 46.8 Å². The lowest BCUT2D eigenvalue weighted by Gasteiger charge is -2.38. The van der Waals surface area contributed by atoms with Crippen molar-refractivity contribution in [2.45, 2.75) is 139 Å². The number of fused-ring (bicyclic) bond motifs is 5. The molecule has 1 saturated heterocycles. The average Bonchev–Trinajstić information content (AvgIpc) is 4.01. The summed E-state index contributed by atoms with van der Waals surface area (Å²) in [4.78, 5) is 3.37. The molecule has 1 fully saturated rings. The minimum atomic E-state index is -1.08. The van der Waals surface area contributed by atoms with Crippen molar-refractivity contribution in [1.82, 2.24) is 15.6 Å². The zero-order valence-corrected chi connectivity index (χ0v) is 47.1. The number of H-pyrrole nitrogens is 1. The Morgan fingerprint density at radius 1 is 0.949 bits per heavy atom. The van der Waals surface area contributed by atoms with Gasteiger partial charge in [0.2, 0.25) is 0 Å². The fraction of sp³-hybridized carbons (Fsp3) is 0.531. The van der Waals surface area contributed by atoms with Crippen LogP contribution in [0.25, 0.3) is 0 Å². The van der Waals surface area contributed by atoms with E-state index in [1.807, 2.05) is 30.5 Å². The molecule has 5 aliphatic rings. The van der Waals surface area contributed by atoms with Crippen molar-refractivity contribution in [3.63, 3.8) is 0 Å². The Balaban J connectivity index is 1.10. The number of rotatable bonds is 17. The topological polar surface area (TPSA) is 217 Å². The molecule has 2 aliphatic heterocycles. The van der Waals surface area contributed by atoms with Crippen molar-refractivity contribution in [3.8, 4) is 23.3 Å². The first kappa shape index (κ1) is 58.0. The second kappa shape index (κ2) is 27.2. The van der Waals surface area contributed by atoms with Crippen molar-refractivity contribution >= 4 is 21.6 Å². The summed E-state index contributed by atoms with van der Waals surface area (Å²) in [5, 5.41) is 88.7. The van der Waals surface area contributed by atoms with E-state index in [1.54, 1.807) is 34.6 Å². The Morgan fingerprint density at radius 2 is 1.74 bits per heavy atom. The number of hydrogen-bond acceptors (Lipinski definition) is 13. The molecule has 3 aromatic carbocycles. The van der Waals surface area contributed by atoms with Gasteiger partial charge >= 0.3 is 0 Å². The van der Waals surface area contributed by atoms with Crippen molar-refractivity contribution in [3.05, 3.63) is 154 Å². The van der Waals surface area contributed by atoms with Gasteiger partial charge in [-0.25, -0.2) is 0 Å². The third-order valence-corrected chi connectivity index (χ3v) is 20.1. The molecule has 14 unspecified atom stereocenters. The first-order valence-corrected chi connectivity index (χ1v) is 31.2. The first-order valence-electron chi connectivity index (χ1n) is 28.7. The lowest BCUT2D eigenvalue weighted by atomic mass is 9.68. The van der Waals surface area contributed by atoms with E-state index in [-0.39, 0.29) is 54.4 Å². The Kier molecular flexibility index (Phi) is 20.2. The van der Waals surface area contributed by atoms with E-state index in [4.69, 9.17) is 10.5 Å². The molecule has 0 spiro atoms. The third kappa shape index (κ3) is 14.1. The summed E-state index contributed by atoms with van der Waals surface area (Å²) in [6.45, 7) is 4.59. The molecule has 0 radical (unpaired) electrons. The van der Waals surface area contributed by atoms with Crippen LogP contribution in [0.3, 0.4) is 0 Å². The highest BCUT2D eigenvalue weighted by Gasteiger charge is 2.45. The zero-order chi connectivity index (χ0) is 54.8. The number of aryl methyl sites for hydroxylation is 1. The van der Waals surface area contributed by atoms with E-state index >= 15 is 0 Å². The molecule has 420 valence electrons. The molecular formula is C64H84N4O8S2. The normalized spacial score (nSPS) is 30.4. The molecule has 14 heteroatoms. The van der Waals surface area contributed by atoms with Gasteiger partial charge in [0.15, 0.2) is 11.5 Å². The van der Waals surface area contributed by atoms with E-state index in [9.17, 15) is 35.7 Å². The number of aromatic hydroxyl groups is 1. The van der Waals surface area contributed by atoms with Gasteiger partial charge in [0.1, 0.15) is 11.9 Å². The average molecular weight is 1100 g/mol. The van der Waals surface area contributed by atoms with Crippen LogP contribution in [0.1, 0.15) is 111 Å². The van der Waals surface area contributed by atoms with E-state index in [0.29, 0.717) is 88.2 Å². The van der Waals surface area contributed by atoms with Crippen LogP contribution in [-0.2, 0) is 19.3 Å². The predicted octanol–water partition coefficient (Wildman–Crippen LogP) is 8.43. The Labute approximate surface area is 470 Å². The number of phenolic OH excluding ortho intramolecular Hbond substituents is 1. The summed E-state index contributed by atoms with van der Waals surface area (Å²) >= 11 is 0. The maximum atomic E-state index is 12.7. The molecule has 0 amide bonds. The Morgan fingerprint density at radius 3 is 2.47 bits per heavy atom. The van der Waals surface area contributed by atoms with Crippen LogP contribution in [-0.4, -0.2) is 115 Å². The minimum absolute atomic E-state index is 0.0315. The number of dihydropyridines is 1. The van der Waals surface area contributed by atoms with Gasteiger partial charge < -0.3 is 61.8 Å². The monoisotopic (exact) mass is 1100 g/mol. The molecule has 1 aromatic heterocycles. The van der Waals surface area contributed by atoms with Gasteiger partial charge in [0, 0.05) is 90.4 Å². The number of ether oxygens (including phenoxy) is 1. The fourth-order valence-electron chi connectivity index (χ4n) is 13.5. The number of nitrogens with one attached hydrogen (secondary N) is 3. The van der Waals surface area contributed by atoms with Gasteiger partial charge in [0.25, 0.3) is 0 Å². The first-order chi connectivity index (χ1) is 37.8. The molecule has 78 heavy (non-hydrogen) atoms. The Hall–Kier alpha value is -4.66. The number of hydrogen-bond donors (Lipinski definition) is 11. The molecule has 14 atom stereocenters. The number of aliphatic hydroxyl groups excluding tert-OH is 6. The van der Waals surface area contributed by atoms with E-state index < -0.39 is 53.7 Å².